The van der Waals surface area contributed by atoms with Crippen molar-refractivity contribution >= 4 is 33.8 Å². The number of amides is 1. The molecule has 1 amide bonds. The zero-order valence-corrected chi connectivity index (χ0v) is 14.3. The van der Waals surface area contributed by atoms with E-state index in [4.69, 9.17) is 0 Å². The summed E-state index contributed by atoms with van der Waals surface area (Å²) in [5.41, 5.74) is 6.15. The fourth-order valence-corrected chi connectivity index (χ4v) is 3.63. The summed E-state index contributed by atoms with van der Waals surface area (Å²) >= 11 is 1.57. The number of aromatic nitrogens is 1. The fourth-order valence-electron chi connectivity index (χ4n) is 2.89. The first-order valence-corrected chi connectivity index (χ1v) is 8.72. The summed E-state index contributed by atoms with van der Waals surface area (Å²) in [5.74, 6) is -0.0503. The Morgan fingerprint density at radius 1 is 1.21 bits per heavy atom. The number of thiazole rings is 1. The molecule has 3 aromatic rings. The minimum atomic E-state index is -0.108. The van der Waals surface area contributed by atoms with Crippen LogP contribution in [-0.2, 0) is 4.79 Å². The van der Waals surface area contributed by atoms with Crippen molar-refractivity contribution in [1.82, 2.24) is 4.98 Å². The van der Waals surface area contributed by atoms with Gasteiger partial charge in [-0.2, -0.15) is 0 Å². The second-order valence-corrected chi connectivity index (χ2v) is 6.90. The molecule has 0 fully saturated rings. The highest BCUT2D eigenvalue weighted by atomic mass is 32.1. The minimum absolute atomic E-state index is 0.0576. The van der Waals surface area contributed by atoms with Gasteiger partial charge >= 0.3 is 0 Å². The summed E-state index contributed by atoms with van der Waals surface area (Å²) in [7, 11) is 0. The van der Waals surface area contributed by atoms with Crippen molar-refractivity contribution in [2.45, 2.75) is 19.8 Å². The third-order valence-corrected chi connectivity index (χ3v) is 5.00. The zero-order chi connectivity index (χ0) is 16.7. The third kappa shape index (κ3) is 2.67. The Bertz CT molecular complexity index is 932. The Morgan fingerprint density at radius 3 is 2.92 bits per heavy atom. The predicted molar refractivity (Wildman–Crippen MR) is 99.1 cm³/mol. The van der Waals surface area contributed by atoms with E-state index in [0.29, 0.717) is 0 Å². The van der Waals surface area contributed by atoms with Gasteiger partial charge in [0.2, 0.25) is 5.91 Å². The van der Waals surface area contributed by atoms with Crippen molar-refractivity contribution in [3.8, 4) is 11.3 Å². The number of fused-ring (bicyclic) bond motifs is 1. The number of nitrogens with zero attached hydrogens (tertiary/aromatic N) is 1. The van der Waals surface area contributed by atoms with Gasteiger partial charge < -0.3 is 10.6 Å². The summed E-state index contributed by atoms with van der Waals surface area (Å²) in [5, 5.41) is 9.14. The number of hydrogen-bond acceptors (Lipinski definition) is 4. The van der Waals surface area contributed by atoms with Gasteiger partial charge in [-0.15, -0.1) is 11.3 Å². The molecule has 2 heterocycles. The second kappa shape index (κ2) is 5.76. The third-order valence-electron chi connectivity index (χ3n) is 4.24. The molecule has 1 atom stereocenters. The first kappa shape index (κ1) is 14.9. The lowest BCUT2D eigenvalue weighted by molar-refractivity contribution is -0.116. The van der Waals surface area contributed by atoms with E-state index in [1.165, 1.54) is 5.56 Å². The lowest BCUT2D eigenvalue weighted by Gasteiger charge is -2.04. The monoisotopic (exact) mass is 335 g/mol. The molecule has 0 saturated heterocycles. The summed E-state index contributed by atoms with van der Waals surface area (Å²) in [4.78, 5) is 16.5. The highest BCUT2D eigenvalue weighted by Crippen LogP contribution is 2.36. The lowest BCUT2D eigenvalue weighted by atomic mass is 10.00. The molecule has 1 aromatic heterocycles. The van der Waals surface area contributed by atoms with Gasteiger partial charge in [-0.3, -0.25) is 4.79 Å². The number of aryl methyl sites for hydroxylation is 1. The number of nitrogens with one attached hydrogen (secondary N) is 2. The van der Waals surface area contributed by atoms with Crippen molar-refractivity contribution in [1.29, 1.82) is 0 Å². The van der Waals surface area contributed by atoms with Crippen molar-refractivity contribution < 1.29 is 4.79 Å². The van der Waals surface area contributed by atoms with E-state index in [1.54, 1.807) is 11.3 Å². The smallest absolute Gasteiger partial charge is 0.231 e. The molecule has 0 saturated carbocycles. The first-order chi connectivity index (χ1) is 11.6. The van der Waals surface area contributed by atoms with Gasteiger partial charge in [-0.05, 0) is 49.2 Å². The maximum absolute atomic E-state index is 11.8. The van der Waals surface area contributed by atoms with Crippen LogP contribution in [0.2, 0.25) is 0 Å². The van der Waals surface area contributed by atoms with Crippen LogP contribution < -0.4 is 10.6 Å². The van der Waals surface area contributed by atoms with Gasteiger partial charge in [0.1, 0.15) is 0 Å². The van der Waals surface area contributed by atoms with Crippen molar-refractivity contribution in [2.24, 2.45) is 0 Å². The maximum atomic E-state index is 11.8. The molecule has 0 aliphatic carbocycles. The van der Waals surface area contributed by atoms with Crippen LogP contribution in [0.1, 0.15) is 24.0 Å². The van der Waals surface area contributed by atoms with Crippen LogP contribution in [0.5, 0.6) is 0 Å². The van der Waals surface area contributed by atoms with Crippen LogP contribution in [0.25, 0.3) is 11.3 Å². The number of anilines is 3. The molecule has 0 unspecified atom stereocenters. The van der Waals surface area contributed by atoms with E-state index in [0.717, 1.165) is 33.3 Å². The quantitative estimate of drug-likeness (QED) is 0.714. The Morgan fingerprint density at radius 2 is 2.08 bits per heavy atom. The van der Waals surface area contributed by atoms with Crippen LogP contribution >= 0.6 is 11.3 Å². The SMILES string of the molecule is Cc1cccc(Nc2nc(-c3ccc4c(c3)[C@H](C)C(=O)N4)cs2)c1. The first-order valence-electron chi connectivity index (χ1n) is 7.84. The average Bonchev–Trinajstić information content (AvgIpc) is 3.13. The van der Waals surface area contributed by atoms with Crippen LogP contribution in [-0.4, -0.2) is 10.9 Å². The summed E-state index contributed by atoms with van der Waals surface area (Å²) in [6.07, 6.45) is 0. The highest BCUT2D eigenvalue weighted by Gasteiger charge is 2.26. The van der Waals surface area contributed by atoms with Crippen LogP contribution in [0, 0.1) is 6.92 Å². The van der Waals surface area contributed by atoms with Gasteiger partial charge in [-0.25, -0.2) is 4.98 Å². The molecular formula is C19H17N3OS. The number of rotatable bonds is 3. The topological polar surface area (TPSA) is 54.0 Å². The van der Waals surface area contributed by atoms with E-state index >= 15 is 0 Å². The molecule has 4 nitrogen and oxygen atoms in total. The van der Waals surface area contributed by atoms with E-state index in [1.807, 2.05) is 36.6 Å². The van der Waals surface area contributed by atoms with Crippen molar-refractivity contribution in [3.63, 3.8) is 0 Å². The average molecular weight is 335 g/mol. The molecule has 0 spiro atoms. The highest BCUT2D eigenvalue weighted by molar-refractivity contribution is 7.14. The number of hydrogen-bond donors (Lipinski definition) is 2. The Hall–Kier alpha value is -2.66. The summed E-state index contributed by atoms with van der Waals surface area (Å²) < 4.78 is 0. The van der Waals surface area contributed by atoms with E-state index in [-0.39, 0.29) is 11.8 Å². The molecule has 1 aliphatic heterocycles. The van der Waals surface area contributed by atoms with Gasteiger partial charge in [0.25, 0.3) is 0 Å². The predicted octanol–water partition coefficient (Wildman–Crippen LogP) is 4.92. The van der Waals surface area contributed by atoms with Gasteiger partial charge in [0.05, 0.1) is 11.6 Å². The van der Waals surface area contributed by atoms with Crippen LogP contribution in [0.15, 0.2) is 47.8 Å². The molecular weight excluding hydrogens is 318 g/mol. The molecule has 24 heavy (non-hydrogen) atoms. The number of carbonyl (C=O) groups is 1. The maximum Gasteiger partial charge on any atom is 0.231 e. The molecule has 120 valence electrons. The molecule has 1 aliphatic rings. The Labute approximate surface area is 144 Å². The summed E-state index contributed by atoms with van der Waals surface area (Å²) in [6.45, 7) is 4.00. The Balaban J connectivity index is 1.61. The van der Waals surface area contributed by atoms with E-state index < -0.39 is 0 Å². The number of benzene rings is 2. The van der Waals surface area contributed by atoms with E-state index in [9.17, 15) is 4.79 Å². The van der Waals surface area contributed by atoms with Crippen molar-refractivity contribution in [3.05, 3.63) is 59.0 Å². The normalized spacial score (nSPS) is 15.9. The van der Waals surface area contributed by atoms with Crippen LogP contribution in [0.3, 0.4) is 0 Å². The number of carbonyl (C=O) groups excluding carboxylic acids is 1. The molecule has 0 bridgehead atoms. The molecule has 0 radical (unpaired) electrons. The van der Waals surface area contributed by atoms with Gasteiger partial charge in [0, 0.05) is 22.3 Å². The molecule has 2 N–H and O–H groups in total. The van der Waals surface area contributed by atoms with Gasteiger partial charge in [-0.1, -0.05) is 18.2 Å². The summed E-state index contributed by atoms with van der Waals surface area (Å²) in [6, 6.07) is 14.2. The largest absolute Gasteiger partial charge is 0.332 e. The standard InChI is InChI=1S/C19H17N3OS/c1-11-4-3-5-14(8-11)20-19-22-17(10-24-19)13-6-7-16-15(9-13)12(2)18(23)21-16/h3-10,12H,1-2H3,(H,20,22)(H,21,23)/t12-/m0/s1. The molecule has 2 aromatic carbocycles. The fraction of sp³-hybridized carbons (Fsp3) is 0.158. The van der Waals surface area contributed by atoms with Gasteiger partial charge in [0.15, 0.2) is 5.13 Å². The minimum Gasteiger partial charge on any atom is -0.332 e. The van der Waals surface area contributed by atoms with E-state index in [2.05, 4.69) is 40.7 Å². The zero-order valence-electron chi connectivity index (χ0n) is 13.5. The molecule has 5 heteroatoms. The molecule has 4 rings (SSSR count). The second-order valence-electron chi connectivity index (χ2n) is 6.05. The van der Waals surface area contributed by atoms with Crippen molar-refractivity contribution in [2.75, 3.05) is 10.6 Å². The van der Waals surface area contributed by atoms with Crippen LogP contribution in [0.4, 0.5) is 16.5 Å². The Kier molecular flexibility index (Phi) is 3.58. The lowest BCUT2D eigenvalue weighted by Crippen LogP contribution is -2.08.